The lowest BCUT2D eigenvalue weighted by atomic mass is 10.1. The molecule has 4 amide bonds. The zero-order valence-corrected chi connectivity index (χ0v) is 28.3. The monoisotopic (exact) mass is 766 g/mol. The van der Waals surface area contributed by atoms with E-state index >= 15 is 4.39 Å². The zero-order valence-electron chi connectivity index (χ0n) is 27.5. The summed E-state index contributed by atoms with van der Waals surface area (Å²) < 4.78 is 98.9. The van der Waals surface area contributed by atoms with Crippen LogP contribution in [0.2, 0.25) is 0 Å². The fourth-order valence-corrected chi connectivity index (χ4v) is 5.67. The van der Waals surface area contributed by atoms with Crippen molar-refractivity contribution in [2.24, 2.45) is 4.99 Å². The number of nitrogens with one attached hydrogen (secondary N) is 4. The fourth-order valence-electron chi connectivity index (χ4n) is 4.82. The molecule has 13 nitrogen and oxygen atoms in total. The Morgan fingerprint density at radius 2 is 1.72 bits per heavy atom. The third-order valence-corrected chi connectivity index (χ3v) is 7.99. The van der Waals surface area contributed by atoms with Crippen molar-refractivity contribution in [3.05, 3.63) is 83.2 Å². The van der Waals surface area contributed by atoms with Gasteiger partial charge >= 0.3 is 12.4 Å². The van der Waals surface area contributed by atoms with Crippen molar-refractivity contribution in [2.75, 3.05) is 36.4 Å². The Hall–Kier alpha value is -5.76. The Morgan fingerprint density at radius 3 is 2.36 bits per heavy atom. The van der Waals surface area contributed by atoms with E-state index in [1.165, 1.54) is 31.3 Å². The van der Waals surface area contributed by atoms with Crippen LogP contribution >= 0.6 is 11.8 Å². The predicted octanol–water partition coefficient (Wildman–Crippen LogP) is 6.26. The lowest BCUT2D eigenvalue weighted by Crippen LogP contribution is -2.31. The minimum atomic E-state index is -4.91. The molecule has 3 aromatic carbocycles. The molecular formula is C33H28F6N6O7S. The van der Waals surface area contributed by atoms with Gasteiger partial charge in [-0.25, -0.2) is 18.0 Å². The van der Waals surface area contributed by atoms with Crippen LogP contribution < -0.4 is 35.1 Å². The molecule has 1 fully saturated rings. The number of amides is 4. The van der Waals surface area contributed by atoms with E-state index in [9.17, 15) is 36.3 Å². The third kappa shape index (κ3) is 10.2. The van der Waals surface area contributed by atoms with Gasteiger partial charge in [-0.2, -0.15) is 4.99 Å². The van der Waals surface area contributed by atoms with Crippen molar-refractivity contribution < 1.29 is 59.7 Å². The number of thioether (sulfide) groups is 1. The molecule has 0 bridgehead atoms. The minimum absolute atomic E-state index is 0.0634. The van der Waals surface area contributed by atoms with Crippen molar-refractivity contribution >= 4 is 57.7 Å². The first kappa shape index (κ1) is 38.5. The molecule has 0 aromatic heterocycles. The van der Waals surface area contributed by atoms with Gasteiger partial charge in [-0.1, -0.05) is 17.8 Å². The summed E-state index contributed by atoms with van der Waals surface area (Å²) >= 11 is 0.913. The molecule has 5 rings (SSSR count). The maximum atomic E-state index is 15.2. The topological polar surface area (TPSA) is 164 Å². The number of rotatable bonds is 11. The van der Waals surface area contributed by atoms with E-state index in [-0.39, 0.29) is 63.8 Å². The molecule has 280 valence electrons. The van der Waals surface area contributed by atoms with Crippen LogP contribution in [0.25, 0.3) is 5.70 Å². The van der Waals surface area contributed by atoms with Gasteiger partial charge in [0.25, 0.3) is 11.8 Å². The second kappa shape index (κ2) is 15.9. The average Bonchev–Trinajstić information content (AvgIpc) is 3.68. The highest BCUT2D eigenvalue weighted by atomic mass is 32.2. The Labute approximate surface area is 300 Å². The van der Waals surface area contributed by atoms with Gasteiger partial charge < -0.3 is 34.9 Å². The van der Waals surface area contributed by atoms with Crippen LogP contribution in [0.4, 0.5) is 42.5 Å². The van der Waals surface area contributed by atoms with Crippen molar-refractivity contribution in [2.45, 2.75) is 25.8 Å². The summed E-state index contributed by atoms with van der Waals surface area (Å²) in [7, 11) is 1.47. The van der Waals surface area contributed by atoms with Crippen molar-refractivity contribution in [3.63, 3.8) is 0 Å². The molecule has 0 saturated carbocycles. The quantitative estimate of drug-likeness (QED) is 0.100. The summed E-state index contributed by atoms with van der Waals surface area (Å²) in [5, 5.41) is 15.4. The molecule has 1 saturated heterocycles. The lowest BCUT2D eigenvalue weighted by Gasteiger charge is -2.21. The summed E-state index contributed by atoms with van der Waals surface area (Å²) in [6.45, 7) is -0.659. The Morgan fingerprint density at radius 1 is 1.04 bits per heavy atom. The van der Waals surface area contributed by atoms with E-state index in [4.69, 9.17) is 19.6 Å². The highest BCUT2D eigenvalue weighted by molar-refractivity contribution is 8.15. The van der Waals surface area contributed by atoms with Gasteiger partial charge in [0.05, 0.1) is 23.7 Å². The fraction of sp³-hybridized carbons (Fsp3) is 0.242. The molecular weight excluding hydrogens is 738 g/mol. The Balaban J connectivity index is 1.27. The van der Waals surface area contributed by atoms with Gasteiger partial charge in [0.1, 0.15) is 24.0 Å². The standard InChI is InChI=1S/C33H28F6N6O7S/c1-32(35,36)15-49-13-19-10-25-26(51-16-50-25)12-24(19)45-28(46)14-53-31(45)44-30(48)42-22-8-5-18(9-21(22)34)23(41-2)11-27(40)43-29(47)17-3-6-20(7-4-17)52-33(37,38)39/h3-12,41H,13-16H2,1-2H3,(H,42,48)(H2,40,43,47)/b23-11-,44-31-. The van der Waals surface area contributed by atoms with Gasteiger partial charge in [0, 0.05) is 48.5 Å². The first-order valence-corrected chi connectivity index (χ1v) is 16.2. The molecule has 0 radical (unpaired) electrons. The third-order valence-electron chi connectivity index (χ3n) is 7.07. The number of alkyl halides is 5. The molecule has 2 aliphatic rings. The number of halogens is 6. The van der Waals surface area contributed by atoms with Crippen LogP contribution in [-0.4, -0.2) is 67.3 Å². The smallest absolute Gasteiger partial charge is 0.454 e. The van der Waals surface area contributed by atoms with E-state index in [2.05, 4.69) is 25.7 Å². The molecule has 20 heteroatoms. The number of fused-ring (bicyclic) bond motifs is 1. The van der Waals surface area contributed by atoms with Crippen molar-refractivity contribution in [3.8, 4) is 17.2 Å². The molecule has 4 N–H and O–H groups in total. The Kier molecular flexibility index (Phi) is 11.5. The number of urea groups is 1. The number of nitrogens with zero attached hydrogens (tertiary/aromatic N) is 2. The highest BCUT2D eigenvalue weighted by Gasteiger charge is 2.34. The van der Waals surface area contributed by atoms with Gasteiger partial charge in [0.15, 0.2) is 16.7 Å². The summed E-state index contributed by atoms with van der Waals surface area (Å²) in [5.74, 6) is -5.85. The average molecular weight is 767 g/mol. The zero-order chi connectivity index (χ0) is 38.5. The predicted molar refractivity (Wildman–Crippen MR) is 181 cm³/mol. The second-order valence-electron chi connectivity index (χ2n) is 11.2. The number of anilines is 2. The van der Waals surface area contributed by atoms with Gasteiger partial charge in [0.2, 0.25) is 12.7 Å². The Bertz CT molecular complexity index is 1990. The molecule has 0 aliphatic carbocycles. The molecule has 53 heavy (non-hydrogen) atoms. The number of carbonyl (C=O) groups is 3. The first-order valence-electron chi connectivity index (χ1n) is 15.2. The normalized spacial score (nSPS) is 15.1. The number of hydrogen-bond donors (Lipinski definition) is 4. The molecule has 0 spiro atoms. The van der Waals surface area contributed by atoms with E-state index in [1.807, 2.05) is 0 Å². The SMILES string of the molecule is CN/C(=C\C(=N)NC(=O)c1ccc(OC(F)(F)F)cc1)c1ccc(NC(=O)/N=C2\SCC(=O)N2c2cc3c(cc2COCC(C)(F)F)OCO3)c(F)c1. The second-order valence-corrected chi connectivity index (χ2v) is 12.1. The molecule has 0 unspecified atom stereocenters. The van der Waals surface area contributed by atoms with Gasteiger partial charge in [-0.3, -0.25) is 19.9 Å². The van der Waals surface area contributed by atoms with Crippen molar-refractivity contribution in [1.82, 2.24) is 10.6 Å². The van der Waals surface area contributed by atoms with E-state index < -0.39 is 54.1 Å². The van der Waals surface area contributed by atoms with Crippen LogP contribution in [-0.2, 0) is 16.1 Å². The number of amidine groups is 2. The maximum Gasteiger partial charge on any atom is 0.573 e. The molecule has 3 aromatic rings. The molecule has 2 heterocycles. The summed E-state index contributed by atoms with van der Waals surface area (Å²) in [6.07, 6.45) is -3.75. The highest BCUT2D eigenvalue weighted by Crippen LogP contribution is 2.41. The number of hydrogen-bond acceptors (Lipinski definition) is 10. The molecule has 2 aliphatic heterocycles. The van der Waals surface area contributed by atoms with Crippen LogP contribution in [0, 0.1) is 11.2 Å². The van der Waals surface area contributed by atoms with Gasteiger partial charge in [-0.05, 0) is 42.5 Å². The van der Waals surface area contributed by atoms with Crippen LogP contribution in [0.5, 0.6) is 17.2 Å². The number of carbonyl (C=O) groups excluding carboxylic acids is 3. The van der Waals surface area contributed by atoms with Crippen LogP contribution in [0.1, 0.15) is 28.4 Å². The van der Waals surface area contributed by atoms with Crippen LogP contribution in [0.15, 0.2) is 65.7 Å². The van der Waals surface area contributed by atoms with E-state index in [0.29, 0.717) is 12.7 Å². The summed E-state index contributed by atoms with van der Waals surface area (Å²) in [5.41, 5.74) is 0.448. The lowest BCUT2D eigenvalue weighted by molar-refractivity contribution is -0.274. The summed E-state index contributed by atoms with van der Waals surface area (Å²) in [4.78, 5) is 43.5. The van der Waals surface area contributed by atoms with E-state index in [1.54, 1.807) is 0 Å². The minimum Gasteiger partial charge on any atom is -0.454 e. The number of benzene rings is 3. The van der Waals surface area contributed by atoms with Gasteiger partial charge in [-0.15, -0.1) is 13.2 Å². The maximum absolute atomic E-state index is 15.2. The number of ether oxygens (including phenoxy) is 4. The summed E-state index contributed by atoms with van der Waals surface area (Å²) in [6, 6.07) is 9.51. The van der Waals surface area contributed by atoms with Crippen LogP contribution in [0.3, 0.4) is 0 Å². The largest absolute Gasteiger partial charge is 0.573 e. The first-order chi connectivity index (χ1) is 25.0. The van der Waals surface area contributed by atoms with E-state index in [0.717, 1.165) is 53.1 Å². The number of aliphatic imine (C=N–C) groups is 1. The van der Waals surface area contributed by atoms with Crippen molar-refractivity contribution in [1.29, 1.82) is 5.41 Å². The molecule has 0 atom stereocenters.